The average molecular weight is 384 g/mol. The Labute approximate surface area is 171 Å². The van der Waals surface area contributed by atoms with Crippen molar-refractivity contribution in [2.24, 2.45) is 5.92 Å². The van der Waals surface area contributed by atoms with Crippen LogP contribution >= 0.6 is 0 Å². The third kappa shape index (κ3) is 3.25. The first-order valence-electron chi connectivity index (χ1n) is 10.8. The summed E-state index contributed by atoms with van der Waals surface area (Å²) < 4.78 is 1.99. The number of carbonyl (C=O) groups is 1. The Bertz CT molecular complexity index is 1220. The fourth-order valence-corrected chi connectivity index (χ4v) is 4.79. The van der Waals surface area contributed by atoms with Crippen molar-refractivity contribution >= 4 is 44.4 Å². The Morgan fingerprint density at radius 3 is 2.55 bits per heavy atom. The van der Waals surface area contributed by atoms with Gasteiger partial charge in [-0.2, -0.15) is 0 Å². The number of hydrogen-bond acceptors (Lipinski definition) is 1. The van der Waals surface area contributed by atoms with E-state index in [-0.39, 0.29) is 11.8 Å². The summed E-state index contributed by atoms with van der Waals surface area (Å²) in [5.74, 6) is 0.258. The Balaban J connectivity index is 1.53. The lowest BCUT2D eigenvalue weighted by atomic mass is 9.91. The molecular weight excluding hydrogens is 356 g/mol. The van der Waals surface area contributed by atoms with E-state index in [1.54, 1.807) is 0 Å². The number of nitrogens with one attached hydrogen (secondary N) is 1. The molecule has 1 heterocycles. The lowest BCUT2D eigenvalue weighted by molar-refractivity contribution is -0.556. The molecule has 5 rings (SSSR count). The van der Waals surface area contributed by atoms with Crippen molar-refractivity contribution in [3.8, 4) is 0 Å². The van der Waals surface area contributed by atoms with Crippen LogP contribution in [-0.4, -0.2) is 23.4 Å². The van der Waals surface area contributed by atoms with Gasteiger partial charge in [-0.25, -0.2) is 0 Å². The zero-order valence-corrected chi connectivity index (χ0v) is 16.9. The quantitative estimate of drug-likeness (QED) is 0.261. The number of benzene rings is 4. The molecular formula is C26H27N2O+. The fraction of sp³-hybridized carbons (Fsp3) is 0.308. The number of amides is 1. The highest BCUT2D eigenvalue weighted by atomic mass is 16.2. The summed E-state index contributed by atoms with van der Waals surface area (Å²) in [6.45, 7) is 2.97. The molecule has 0 radical (unpaired) electrons. The van der Waals surface area contributed by atoms with Gasteiger partial charge in [0.25, 0.3) is 5.91 Å². The van der Waals surface area contributed by atoms with Crippen molar-refractivity contribution in [3.63, 3.8) is 0 Å². The maximum absolute atomic E-state index is 12.4. The summed E-state index contributed by atoms with van der Waals surface area (Å²) in [5, 5.41) is 7.68. The molecule has 1 aliphatic heterocycles. The molecule has 1 aliphatic rings. The maximum atomic E-state index is 12.4. The van der Waals surface area contributed by atoms with Gasteiger partial charge in [0, 0.05) is 5.56 Å². The molecule has 0 unspecified atom stereocenters. The fourth-order valence-electron chi connectivity index (χ4n) is 4.79. The van der Waals surface area contributed by atoms with Crippen LogP contribution < -0.4 is 5.43 Å². The van der Waals surface area contributed by atoms with Crippen molar-refractivity contribution in [3.05, 3.63) is 60.2 Å². The molecule has 1 saturated heterocycles. The minimum absolute atomic E-state index is 0.0961. The number of nitrogens with zero attached hydrogens (tertiary/aromatic N) is 1. The van der Waals surface area contributed by atoms with Gasteiger partial charge in [0.05, 0.1) is 0 Å². The van der Waals surface area contributed by atoms with E-state index in [1.807, 2.05) is 4.68 Å². The van der Waals surface area contributed by atoms with Gasteiger partial charge >= 0.3 is 0 Å². The third-order valence-electron chi connectivity index (χ3n) is 6.28. The molecule has 0 saturated carbocycles. The van der Waals surface area contributed by atoms with E-state index >= 15 is 0 Å². The summed E-state index contributed by atoms with van der Waals surface area (Å²) >= 11 is 0. The summed E-state index contributed by atoms with van der Waals surface area (Å²) in [5.41, 5.74) is 4.23. The predicted octanol–water partition coefficient (Wildman–Crippen LogP) is 5.65. The standard InChI is InChI=1S/C26H26N2O/c1-2-3-4-5-8-21-16-28(27-26(21)29)17-22-15-20-11-6-9-18-13-14-19-10-7-12-23(22)25(19)24(18)20/h6-7,9-15,17,21H,2-5,8,16H2,1H3/p+1/b28-17-/t21-/m0/s1. The van der Waals surface area contributed by atoms with Crippen LogP contribution in [0.5, 0.6) is 0 Å². The summed E-state index contributed by atoms with van der Waals surface area (Å²) in [4.78, 5) is 12.4. The number of unbranched alkanes of at least 4 members (excludes halogenated alkanes) is 3. The van der Waals surface area contributed by atoms with Gasteiger partial charge in [-0.1, -0.05) is 81.1 Å². The van der Waals surface area contributed by atoms with Crippen LogP contribution in [0, 0.1) is 5.92 Å². The average Bonchev–Trinajstić information content (AvgIpc) is 3.09. The van der Waals surface area contributed by atoms with E-state index in [0.717, 1.165) is 24.9 Å². The second-order valence-corrected chi connectivity index (χ2v) is 8.32. The first-order chi connectivity index (χ1) is 14.2. The monoisotopic (exact) mass is 383 g/mol. The van der Waals surface area contributed by atoms with E-state index in [0.29, 0.717) is 0 Å². The molecule has 4 aromatic carbocycles. The molecule has 3 heteroatoms. The zero-order chi connectivity index (χ0) is 19.8. The molecule has 29 heavy (non-hydrogen) atoms. The highest BCUT2D eigenvalue weighted by Crippen LogP contribution is 2.35. The summed E-state index contributed by atoms with van der Waals surface area (Å²) in [6, 6.07) is 19.7. The number of hydrazine groups is 1. The molecule has 0 aromatic heterocycles. The van der Waals surface area contributed by atoms with E-state index in [9.17, 15) is 4.79 Å². The molecule has 1 amide bonds. The largest absolute Gasteiger partial charge is 0.283 e. The van der Waals surface area contributed by atoms with Gasteiger partial charge in [-0.05, 0) is 44.8 Å². The maximum Gasteiger partial charge on any atom is 0.283 e. The first-order valence-corrected chi connectivity index (χ1v) is 10.8. The number of hydrazone groups is 1. The van der Waals surface area contributed by atoms with Crippen LogP contribution in [0.4, 0.5) is 0 Å². The van der Waals surface area contributed by atoms with Crippen molar-refractivity contribution in [2.45, 2.75) is 39.0 Å². The summed E-state index contributed by atoms with van der Waals surface area (Å²) in [7, 11) is 0. The molecule has 0 spiro atoms. The van der Waals surface area contributed by atoms with Gasteiger partial charge in [0.1, 0.15) is 5.92 Å². The Morgan fingerprint density at radius 2 is 1.72 bits per heavy atom. The van der Waals surface area contributed by atoms with E-state index in [1.165, 1.54) is 51.6 Å². The Kier molecular flexibility index (Phi) is 4.67. The molecule has 146 valence electrons. The molecule has 0 aliphatic carbocycles. The molecule has 4 aromatic rings. The lowest BCUT2D eigenvalue weighted by Crippen LogP contribution is -2.25. The van der Waals surface area contributed by atoms with E-state index < -0.39 is 0 Å². The third-order valence-corrected chi connectivity index (χ3v) is 6.28. The second kappa shape index (κ2) is 7.47. The second-order valence-electron chi connectivity index (χ2n) is 8.32. The number of carbonyl (C=O) groups excluding carboxylic acids is 1. The van der Waals surface area contributed by atoms with Crippen molar-refractivity contribution in [1.29, 1.82) is 0 Å². The van der Waals surface area contributed by atoms with Gasteiger partial charge < -0.3 is 0 Å². The van der Waals surface area contributed by atoms with Crippen LogP contribution in [0.3, 0.4) is 0 Å². The van der Waals surface area contributed by atoms with Crippen LogP contribution in [0.1, 0.15) is 44.6 Å². The Hall–Kier alpha value is -2.94. The number of hydrogen-bond donors (Lipinski definition) is 1. The van der Waals surface area contributed by atoms with Gasteiger partial charge in [-0.15, -0.1) is 10.1 Å². The smallest absolute Gasteiger partial charge is 0.269 e. The SMILES string of the molecule is CCCCCC[C@H]1C/[N+](=C/c2cc3cccc4ccc5cccc2c5c43)NC1=O. The molecule has 3 nitrogen and oxygen atoms in total. The van der Waals surface area contributed by atoms with E-state index in [4.69, 9.17) is 0 Å². The minimum Gasteiger partial charge on any atom is -0.269 e. The summed E-state index contributed by atoms with van der Waals surface area (Å²) in [6.07, 6.45) is 7.94. The topological polar surface area (TPSA) is 32.1 Å². The first kappa shape index (κ1) is 18.1. The molecule has 1 N–H and O–H groups in total. The van der Waals surface area contributed by atoms with Crippen molar-refractivity contribution < 1.29 is 9.48 Å². The molecule has 1 atom stereocenters. The van der Waals surface area contributed by atoms with E-state index in [2.05, 4.69) is 73.2 Å². The highest BCUT2D eigenvalue weighted by molar-refractivity contribution is 6.25. The van der Waals surface area contributed by atoms with Crippen LogP contribution in [0.15, 0.2) is 54.6 Å². The Morgan fingerprint density at radius 1 is 0.966 bits per heavy atom. The zero-order valence-electron chi connectivity index (χ0n) is 16.9. The van der Waals surface area contributed by atoms with Gasteiger partial charge in [0.2, 0.25) is 6.21 Å². The van der Waals surface area contributed by atoms with Crippen LogP contribution in [0.25, 0.3) is 32.3 Å². The predicted molar refractivity (Wildman–Crippen MR) is 121 cm³/mol. The number of rotatable bonds is 6. The van der Waals surface area contributed by atoms with Crippen LogP contribution in [-0.2, 0) is 4.79 Å². The van der Waals surface area contributed by atoms with Crippen LogP contribution in [0.2, 0.25) is 0 Å². The van der Waals surface area contributed by atoms with Crippen molar-refractivity contribution in [1.82, 2.24) is 5.43 Å². The normalized spacial score (nSPS) is 18.4. The lowest BCUT2D eigenvalue weighted by Gasteiger charge is -2.12. The molecule has 1 fully saturated rings. The van der Waals surface area contributed by atoms with Gasteiger partial charge in [-0.3, -0.25) is 4.79 Å². The minimum atomic E-state index is 0.0961. The highest BCUT2D eigenvalue weighted by Gasteiger charge is 2.33. The molecule has 0 bridgehead atoms. The van der Waals surface area contributed by atoms with Gasteiger partial charge in [0.15, 0.2) is 6.54 Å². The van der Waals surface area contributed by atoms with Crippen molar-refractivity contribution in [2.75, 3.05) is 6.54 Å².